The monoisotopic (exact) mass is 183 g/mol. The number of hydrazine groups is 1. The van der Waals surface area contributed by atoms with Crippen molar-refractivity contribution in [1.29, 1.82) is 0 Å². The third kappa shape index (κ3) is 2.24. The first kappa shape index (κ1) is 9.64. The van der Waals surface area contributed by atoms with Gasteiger partial charge in [-0.25, -0.2) is 4.39 Å². The van der Waals surface area contributed by atoms with Gasteiger partial charge in [0.25, 0.3) is 5.69 Å². The number of halogens is 1. The molecular formula is C9H12FN2O+. The summed E-state index contributed by atoms with van der Waals surface area (Å²) in [6, 6.07) is 6.08. The van der Waals surface area contributed by atoms with Crippen molar-refractivity contribution in [2.45, 2.75) is 19.5 Å². The first-order valence-electron chi connectivity index (χ1n) is 3.92. The second-order valence-corrected chi connectivity index (χ2v) is 3.35. The number of hydrogen-bond acceptors (Lipinski definition) is 1. The summed E-state index contributed by atoms with van der Waals surface area (Å²) in [6.45, 7) is 2.92. The Bertz CT molecular complexity index is 313. The zero-order chi connectivity index (χ0) is 10.1. The van der Waals surface area contributed by atoms with Crippen molar-refractivity contribution >= 4 is 5.69 Å². The minimum Gasteiger partial charge on any atom is -0.239 e. The van der Waals surface area contributed by atoms with Crippen LogP contribution >= 0.6 is 0 Å². The molecule has 1 aromatic rings. The van der Waals surface area contributed by atoms with E-state index in [0.29, 0.717) is 11.3 Å². The highest BCUT2D eigenvalue weighted by Gasteiger charge is 2.19. The normalized spacial score (nSPS) is 11.3. The summed E-state index contributed by atoms with van der Waals surface area (Å²) in [4.78, 5) is 10.9. The quantitative estimate of drug-likeness (QED) is 0.434. The van der Waals surface area contributed by atoms with Gasteiger partial charge in [-0.2, -0.15) is 5.84 Å². The average Bonchev–Trinajstić information content (AvgIpc) is 2.03. The number of rotatable bonds is 2. The van der Waals surface area contributed by atoms with E-state index in [9.17, 15) is 9.30 Å². The summed E-state index contributed by atoms with van der Waals surface area (Å²) < 4.78 is 13.3. The zero-order valence-corrected chi connectivity index (χ0v) is 7.62. The highest BCUT2D eigenvalue weighted by molar-refractivity contribution is 5.34. The van der Waals surface area contributed by atoms with Crippen LogP contribution in [0.4, 0.5) is 10.1 Å². The Morgan fingerprint density at radius 3 is 2.08 bits per heavy atom. The van der Waals surface area contributed by atoms with Crippen LogP contribution < -0.4 is 5.84 Å². The van der Waals surface area contributed by atoms with Crippen molar-refractivity contribution in [2.24, 2.45) is 5.84 Å². The largest absolute Gasteiger partial charge is 0.291 e. The molecule has 0 bridgehead atoms. The van der Waals surface area contributed by atoms with Gasteiger partial charge in [-0.1, -0.05) is 0 Å². The molecule has 0 aliphatic rings. The number of nitrogens with two attached hydrogens (primary N) is 1. The van der Waals surface area contributed by atoms with Crippen molar-refractivity contribution in [2.75, 3.05) is 0 Å². The molecule has 2 N–H and O–H groups in total. The number of benzene rings is 1. The molecule has 0 aromatic heterocycles. The molecular weight excluding hydrogens is 171 g/mol. The van der Waals surface area contributed by atoms with Gasteiger partial charge in [0.05, 0.1) is 4.91 Å². The summed E-state index contributed by atoms with van der Waals surface area (Å²) in [6.07, 6.45) is 0. The molecule has 0 radical (unpaired) electrons. The smallest absolute Gasteiger partial charge is 0.239 e. The fraction of sp³-hybridized carbons (Fsp3) is 0.333. The van der Waals surface area contributed by atoms with Gasteiger partial charge in [0.15, 0.2) is 4.87 Å². The van der Waals surface area contributed by atoms with E-state index in [0.717, 1.165) is 0 Å². The topological polar surface area (TPSA) is 46.1 Å². The molecule has 0 amide bonds. The molecule has 0 spiro atoms. The van der Waals surface area contributed by atoms with Crippen molar-refractivity contribution in [3.05, 3.63) is 34.7 Å². The maximum absolute atomic E-state index is 13.3. The Morgan fingerprint density at radius 1 is 1.31 bits per heavy atom. The summed E-state index contributed by atoms with van der Waals surface area (Å²) in [5.41, 5.74) is -0.549. The first-order valence-corrected chi connectivity index (χ1v) is 3.92. The lowest BCUT2D eigenvalue weighted by molar-refractivity contribution is -0.474. The Labute approximate surface area is 75.9 Å². The van der Waals surface area contributed by atoms with Gasteiger partial charge in [-0.05, 0) is 31.5 Å². The summed E-state index contributed by atoms with van der Waals surface area (Å²) in [7, 11) is 0. The van der Waals surface area contributed by atoms with E-state index in [1.807, 2.05) is 0 Å². The minimum absolute atomic E-state index is 0.245. The maximum Gasteiger partial charge on any atom is 0.291 e. The van der Waals surface area contributed by atoms with Crippen LogP contribution in [0.2, 0.25) is 0 Å². The van der Waals surface area contributed by atoms with Crippen LogP contribution in [0.5, 0.6) is 0 Å². The van der Waals surface area contributed by atoms with E-state index in [4.69, 9.17) is 5.84 Å². The number of nitrogens with zero attached hydrogens (tertiary/aromatic N) is 1. The molecule has 70 valence electrons. The number of hydrogen-bond donors (Lipinski definition) is 1. The Morgan fingerprint density at radius 2 is 1.77 bits per heavy atom. The van der Waals surface area contributed by atoms with Crippen LogP contribution in [0, 0.1) is 4.91 Å². The SMILES string of the molecule is CC(C)(F)c1ccc([N+](N)=O)cc1. The molecule has 3 nitrogen and oxygen atoms in total. The second kappa shape index (κ2) is 3.12. The second-order valence-electron chi connectivity index (χ2n) is 3.35. The predicted octanol–water partition coefficient (Wildman–Crippen LogP) is 2.18. The Kier molecular flexibility index (Phi) is 2.32. The predicted molar refractivity (Wildman–Crippen MR) is 48.1 cm³/mol. The van der Waals surface area contributed by atoms with E-state index in [1.54, 1.807) is 12.1 Å². The molecule has 0 fully saturated rings. The third-order valence-electron chi connectivity index (χ3n) is 1.81. The van der Waals surface area contributed by atoms with E-state index >= 15 is 0 Å². The van der Waals surface area contributed by atoms with Crippen molar-refractivity contribution in [3.63, 3.8) is 0 Å². The van der Waals surface area contributed by atoms with E-state index < -0.39 is 5.67 Å². The summed E-state index contributed by atoms with van der Waals surface area (Å²) >= 11 is 0. The number of nitroso groups, excluding NO2 is 1. The molecule has 0 heterocycles. The van der Waals surface area contributed by atoms with E-state index in [-0.39, 0.29) is 4.87 Å². The highest BCUT2D eigenvalue weighted by atomic mass is 19.1. The maximum atomic E-state index is 13.3. The third-order valence-corrected chi connectivity index (χ3v) is 1.81. The van der Waals surface area contributed by atoms with Gasteiger partial charge in [0.2, 0.25) is 0 Å². The molecule has 1 aromatic carbocycles. The van der Waals surface area contributed by atoms with Crippen molar-refractivity contribution < 1.29 is 9.26 Å². The zero-order valence-electron chi connectivity index (χ0n) is 7.62. The Hall–Kier alpha value is -1.45. The van der Waals surface area contributed by atoms with Gasteiger partial charge in [-0.15, -0.1) is 0 Å². The minimum atomic E-state index is -1.39. The van der Waals surface area contributed by atoms with Crippen LogP contribution in [0.15, 0.2) is 24.3 Å². The molecule has 0 atom stereocenters. The molecule has 13 heavy (non-hydrogen) atoms. The lowest BCUT2D eigenvalue weighted by Gasteiger charge is -2.13. The van der Waals surface area contributed by atoms with Crippen LogP contribution in [-0.4, -0.2) is 4.87 Å². The lowest BCUT2D eigenvalue weighted by atomic mass is 10.0. The summed E-state index contributed by atoms with van der Waals surface area (Å²) in [5.74, 6) is 4.96. The van der Waals surface area contributed by atoms with E-state index in [1.165, 1.54) is 26.0 Å². The molecule has 0 aliphatic carbocycles. The lowest BCUT2D eigenvalue weighted by Crippen LogP contribution is -2.11. The van der Waals surface area contributed by atoms with Gasteiger partial charge >= 0.3 is 0 Å². The van der Waals surface area contributed by atoms with Crippen molar-refractivity contribution in [3.8, 4) is 0 Å². The van der Waals surface area contributed by atoms with Crippen molar-refractivity contribution in [1.82, 2.24) is 0 Å². The first-order chi connectivity index (χ1) is 5.91. The molecule has 0 saturated heterocycles. The van der Waals surface area contributed by atoms with Gasteiger partial charge < -0.3 is 0 Å². The molecule has 0 saturated carbocycles. The standard InChI is InChI=1S/C9H12FN2O/c1-9(2,10)7-3-5-8(6-4-7)12(11)13/h3-6H,1-2H3,(H2,11,13)/q+1. The average molecular weight is 183 g/mol. The fourth-order valence-corrected chi connectivity index (χ4v) is 1.00. The number of alkyl halides is 1. The van der Waals surface area contributed by atoms with E-state index in [2.05, 4.69) is 0 Å². The van der Waals surface area contributed by atoms with Gasteiger partial charge in [0.1, 0.15) is 5.67 Å². The van der Waals surface area contributed by atoms with Gasteiger partial charge in [-0.3, -0.25) is 0 Å². The summed E-state index contributed by atoms with van der Waals surface area (Å²) in [5, 5.41) is 0. The fourth-order valence-electron chi connectivity index (χ4n) is 1.00. The molecule has 1 rings (SSSR count). The van der Waals surface area contributed by atoms with Crippen LogP contribution in [0.25, 0.3) is 0 Å². The molecule has 0 aliphatic heterocycles. The van der Waals surface area contributed by atoms with Gasteiger partial charge in [0, 0.05) is 12.1 Å². The highest BCUT2D eigenvalue weighted by Crippen LogP contribution is 2.25. The van der Waals surface area contributed by atoms with Crippen LogP contribution in [0.1, 0.15) is 19.4 Å². The Balaban J connectivity index is 3.01. The molecule has 4 heteroatoms. The van der Waals surface area contributed by atoms with Crippen LogP contribution in [0.3, 0.4) is 0 Å². The van der Waals surface area contributed by atoms with Crippen LogP contribution in [-0.2, 0) is 5.67 Å². The molecule has 0 unspecified atom stereocenters.